The number of aromatic nitrogens is 2. The molecule has 186 valence electrons. The lowest BCUT2D eigenvalue weighted by Gasteiger charge is -2.14. The minimum absolute atomic E-state index is 0.213. The Bertz CT molecular complexity index is 1580. The molecule has 1 atom stereocenters. The predicted octanol–water partition coefficient (Wildman–Crippen LogP) is 6.00. The van der Waals surface area contributed by atoms with E-state index >= 15 is 0 Å². The van der Waals surface area contributed by atoms with Crippen LogP contribution in [0.5, 0.6) is 5.75 Å². The maximum absolute atomic E-state index is 12.8. The summed E-state index contributed by atoms with van der Waals surface area (Å²) < 4.78 is 21.6. The van der Waals surface area contributed by atoms with Crippen LogP contribution in [-0.4, -0.2) is 35.1 Å². The van der Waals surface area contributed by atoms with Crippen LogP contribution < -0.4 is 10.1 Å². The van der Waals surface area contributed by atoms with E-state index in [4.69, 9.17) is 29.9 Å². The molecule has 5 aromatic rings. The van der Waals surface area contributed by atoms with Gasteiger partial charge in [0.15, 0.2) is 17.6 Å². The van der Waals surface area contributed by atoms with Crippen LogP contribution in [0.3, 0.4) is 0 Å². The van der Waals surface area contributed by atoms with E-state index in [0.29, 0.717) is 50.4 Å². The van der Waals surface area contributed by atoms with Crippen LogP contribution in [0.2, 0.25) is 5.02 Å². The number of methoxy groups -OCH3 is 1. The third-order valence-electron chi connectivity index (χ3n) is 5.48. The molecule has 10 heteroatoms. The first-order valence-corrected chi connectivity index (χ1v) is 11.6. The lowest BCUT2D eigenvalue weighted by atomic mass is 10.1. The number of benzene rings is 2. The highest BCUT2D eigenvalue weighted by Crippen LogP contribution is 2.32. The number of hydrogen-bond donors (Lipinski definition) is 1. The van der Waals surface area contributed by atoms with Crippen LogP contribution in [-0.2, 0) is 9.53 Å². The molecule has 0 saturated heterocycles. The second-order valence-corrected chi connectivity index (χ2v) is 8.37. The third kappa shape index (κ3) is 5.03. The normalized spacial score (nSPS) is 11.8. The number of esters is 1. The Balaban J connectivity index is 1.37. The van der Waals surface area contributed by atoms with Gasteiger partial charge in [0, 0.05) is 5.69 Å². The Morgan fingerprint density at radius 1 is 0.919 bits per heavy atom. The fourth-order valence-electron chi connectivity index (χ4n) is 3.62. The maximum atomic E-state index is 12.8. The Hall–Kier alpha value is -4.63. The number of nitrogens with zero attached hydrogens (tertiary/aromatic N) is 2. The molecule has 9 nitrogen and oxygen atoms in total. The molecule has 0 aliphatic heterocycles. The molecule has 37 heavy (non-hydrogen) atoms. The highest BCUT2D eigenvalue weighted by molar-refractivity contribution is 6.32. The summed E-state index contributed by atoms with van der Waals surface area (Å²) in [4.78, 5) is 34.8. The van der Waals surface area contributed by atoms with Gasteiger partial charge in [-0.25, -0.2) is 14.8 Å². The van der Waals surface area contributed by atoms with E-state index in [2.05, 4.69) is 15.3 Å². The van der Waals surface area contributed by atoms with Gasteiger partial charge in [0.25, 0.3) is 5.91 Å². The minimum Gasteiger partial charge on any atom is -0.495 e. The molecule has 0 fully saturated rings. The van der Waals surface area contributed by atoms with Crippen LogP contribution >= 0.6 is 11.6 Å². The lowest BCUT2D eigenvalue weighted by molar-refractivity contribution is -0.123. The van der Waals surface area contributed by atoms with E-state index in [0.717, 1.165) is 0 Å². The van der Waals surface area contributed by atoms with Crippen molar-refractivity contribution in [2.24, 2.45) is 0 Å². The second kappa shape index (κ2) is 10.2. The third-order valence-corrected chi connectivity index (χ3v) is 5.78. The number of anilines is 1. The van der Waals surface area contributed by atoms with E-state index in [1.807, 2.05) is 0 Å². The number of ether oxygens (including phenoxy) is 2. The molecular weight excluding hydrogens is 498 g/mol. The second-order valence-electron chi connectivity index (χ2n) is 7.97. The molecule has 1 amide bonds. The molecule has 0 radical (unpaired) electrons. The monoisotopic (exact) mass is 517 g/mol. The Morgan fingerprint density at radius 3 is 2.19 bits per heavy atom. The standard InChI is InChI=1S/C27H20ClN3O6/c1-15(26(32)29-17-8-10-21(34-2)18(28)14-17)37-27(33)16-7-9-19-20(13-16)31-25(23-6-4-12-36-23)24(30-19)22-5-3-11-35-22/h3-15H,1-2H3,(H,29,32). The van der Waals surface area contributed by atoms with Crippen molar-refractivity contribution in [3.63, 3.8) is 0 Å². The average Bonchev–Trinajstić information content (AvgIpc) is 3.62. The molecule has 1 unspecified atom stereocenters. The zero-order valence-electron chi connectivity index (χ0n) is 19.7. The molecule has 0 bridgehead atoms. The summed E-state index contributed by atoms with van der Waals surface area (Å²) in [6.07, 6.45) is 2.01. The Kier molecular flexibility index (Phi) is 6.61. The van der Waals surface area contributed by atoms with Crippen molar-refractivity contribution in [3.8, 4) is 28.7 Å². The van der Waals surface area contributed by atoms with Crippen molar-refractivity contribution in [3.05, 3.63) is 83.8 Å². The molecule has 2 aromatic carbocycles. The molecular formula is C27H20ClN3O6. The van der Waals surface area contributed by atoms with E-state index in [-0.39, 0.29) is 5.56 Å². The molecule has 1 N–H and O–H groups in total. The molecule has 5 rings (SSSR count). The van der Waals surface area contributed by atoms with Gasteiger partial charge in [0.05, 0.1) is 41.3 Å². The number of amides is 1. The first-order valence-electron chi connectivity index (χ1n) is 11.2. The maximum Gasteiger partial charge on any atom is 0.338 e. The van der Waals surface area contributed by atoms with E-state index < -0.39 is 18.0 Å². The summed E-state index contributed by atoms with van der Waals surface area (Å²) in [7, 11) is 1.50. The van der Waals surface area contributed by atoms with Crippen LogP contribution in [0, 0.1) is 0 Å². The number of carbonyl (C=O) groups excluding carboxylic acids is 2. The van der Waals surface area contributed by atoms with Crippen molar-refractivity contribution >= 4 is 40.2 Å². The van der Waals surface area contributed by atoms with Gasteiger partial charge in [-0.05, 0) is 67.6 Å². The van der Waals surface area contributed by atoms with Crippen LogP contribution in [0.15, 0.2) is 82.0 Å². The van der Waals surface area contributed by atoms with Crippen molar-refractivity contribution in [1.82, 2.24) is 9.97 Å². The smallest absolute Gasteiger partial charge is 0.338 e. The number of fused-ring (bicyclic) bond motifs is 1. The van der Waals surface area contributed by atoms with Crippen LogP contribution in [0.4, 0.5) is 5.69 Å². The Morgan fingerprint density at radius 2 is 1.59 bits per heavy atom. The zero-order valence-corrected chi connectivity index (χ0v) is 20.5. The van der Waals surface area contributed by atoms with Gasteiger partial charge in [-0.3, -0.25) is 4.79 Å². The van der Waals surface area contributed by atoms with E-state index in [1.165, 1.54) is 20.3 Å². The number of hydrogen-bond acceptors (Lipinski definition) is 8. The van der Waals surface area contributed by atoms with Gasteiger partial charge in [-0.15, -0.1) is 0 Å². The van der Waals surface area contributed by atoms with Crippen LogP contribution in [0.25, 0.3) is 33.9 Å². The zero-order chi connectivity index (χ0) is 25.9. The van der Waals surface area contributed by atoms with E-state index in [1.54, 1.807) is 66.9 Å². The molecule has 0 spiro atoms. The number of nitrogens with one attached hydrogen (secondary N) is 1. The predicted molar refractivity (Wildman–Crippen MR) is 136 cm³/mol. The number of carbonyl (C=O) groups is 2. The first-order chi connectivity index (χ1) is 17.9. The molecule has 0 aliphatic carbocycles. The average molecular weight is 518 g/mol. The quantitative estimate of drug-likeness (QED) is 0.261. The van der Waals surface area contributed by atoms with Crippen molar-refractivity contribution in [2.45, 2.75) is 13.0 Å². The fraction of sp³-hybridized carbons (Fsp3) is 0.111. The topological polar surface area (TPSA) is 117 Å². The van der Waals surface area contributed by atoms with Gasteiger partial charge in [0.1, 0.15) is 17.1 Å². The van der Waals surface area contributed by atoms with Crippen molar-refractivity contribution in [1.29, 1.82) is 0 Å². The van der Waals surface area contributed by atoms with Gasteiger partial charge < -0.3 is 23.6 Å². The summed E-state index contributed by atoms with van der Waals surface area (Å²) in [6, 6.07) is 16.6. The van der Waals surface area contributed by atoms with Crippen molar-refractivity contribution in [2.75, 3.05) is 12.4 Å². The van der Waals surface area contributed by atoms with Crippen LogP contribution in [0.1, 0.15) is 17.3 Å². The van der Waals surface area contributed by atoms with Crippen molar-refractivity contribution < 1.29 is 27.9 Å². The van der Waals surface area contributed by atoms with Gasteiger partial charge in [-0.1, -0.05) is 11.6 Å². The number of rotatable bonds is 7. The van der Waals surface area contributed by atoms with Gasteiger partial charge in [-0.2, -0.15) is 0 Å². The SMILES string of the molecule is COc1ccc(NC(=O)C(C)OC(=O)c2ccc3nc(-c4ccco4)c(-c4ccco4)nc3c2)cc1Cl. The summed E-state index contributed by atoms with van der Waals surface area (Å²) in [5.41, 5.74) is 2.61. The number of halogens is 1. The Labute approximate surface area is 216 Å². The van der Waals surface area contributed by atoms with Gasteiger partial charge in [0.2, 0.25) is 0 Å². The highest BCUT2D eigenvalue weighted by atomic mass is 35.5. The molecule has 3 heterocycles. The molecule has 0 saturated carbocycles. The highest BCUT2D eigenvalue weighted by Gasteiger charge is 2.21. The fourth-order valence-corrected chi connectivity index (χ4v) is 3.88. The molecule has 3 aromatic heterocycles. The lowest BCUT2D eigenvalue weighted by Crippen LogP contribution is -2.30. The van der Waals surface area contributed by atoms with E-state index in [9.17, 15) is 9.59 Å². The summed E-state index contributed by atoms with van der Waals surface area (Å²) >= 11 is 6.10. The first kappa shape index (κ1) is 24.1. The largest absolute Gasteiger partial charge is 0.495 e. The number of furan rings is 2. The van der Waals surface area contributed by atoms with Gasteiger partial charge >= 0.3 is 5.97 Å². The minimum atomic E-state index is -1.07. The summed E-state index contributed by atoms with van der Waals surface area (Å²) in [6.45, 7) is 1.48. The molecule has 0 aliphatic rings. The summed E-state index contributed by atoms with van der Waals surface area (Å²) in [5, 5.41) is 3.00. The summed E-state index contributed by atoms with van der Waals surface area (Å²) in [5.74, 6) is 0.303.